The molecule has 0 aromatic heterocycles. The quantitative estimate of drug-likeness (QED) is 0.399. The Bertz CT molecular complexity index is 880. The molecule has 2 aromatic rings. The van der Waals surface area contributed by atoms with Gasteiger partial charge in [0.25, 0.3) is 20.2 Å². The van der Waals surface area contributed by atoms with E-state index in [9.17, 15) is 16.8 Å². The van der Waals surface area contributed by atoms with Crippen molar-refractivity contribution in [3.05, 3.63) is 30.3 Å². The average Bonchev–Trinajstić information content (AvgIpc) is 2.24. The SMILES string of the molecule is Nc1ccc2cc(S(=O)(=O)O)cc(S(=O)(=O)O)c2c1.[Na].[Na]. The van der Waals surface area contributed by atoms with Gasteiger partial charge in [-0.1, -0.05) is 6.07 Å². The number of nitrogens with two attached hydrogens (primary N) is 1. The monoisotopic (exact) mass is 349 g/mol. The molecule has 0 saturated carbocycles. The first-order chi connectivity index (χ1) is 8.59. The zero-order chi connectivity index (χ0) is 14.4. The number of hydrogen-bond acceptors (Lipinski definition) is 5. The van der Waals surface area contributed by atoms with Crippen LogP contribution in [0.3, 0.4) is 0 Å². The number of anilines is 1. The van der Waals surface area contributed by atoms with E-state index in [1.807, 2.05) is 0 Å². The van der Waals surface area contributed by atoms with Gasteiger partial charge in [0.05, 0.1) is 4.90 Å². The van der Waals surface area contributed by atoms with Crippen molar-refractivity contribution in [1.82, 2.24) is 0 Å². The van der Waals surface area contributed by atoms with Crippen molar-refractivity contribution < 1.29 is 25.9 Å². The molecule has 0 atom stereocenters. The fourth-order valence-electron chi connectivity index (χ4n) is 1.68. The maximum absolute atomic E-state index is 11.3. The normalized spacial score (nSPS) is 11.5. The smallest absolute Gasteiger partial charge is 0.295 e. The van der Waals surface area contributed by atoms with Crippen LogP contribution in [0.4, 0.5) is 5.69 Å². The molecule has 4 N–H and O–H groups in total. The minimum absolute atomic E-state index is 0. The third-order valence-corrected chi connectivity index (χ3v) is 4.21. The van der Waals surface area contributed by atoms with E-state index in [1.165, 1.54) is 18.2 Å². The summed E-state index contributed by atoms with van der Waals surface area (Å²) in [6.45, 7) is 0. The number of benzene rings is 2. The standard InChI is InChI=1S/C10H9NO6S2.2Na/c11-7-2-1-6-3-8(18(12,13)14)5-10(9(6)4-7)19(15,16)17;;/h1-5H,11H2,(H,12,13,14)(H,15,16,17);;. The van der Waals surface area contributed by atoms with Crippen LogP contribution in [0, 0.1) is 0 Å². The van der Waals surface area contributed by atoms with Gasteiger partial charge >= 0.3 is 0 Å². The minimum Gasteiger partial charge on any atom is -0.399 e. The van der Waals surface area contributed by atoms with Crippen LogP contribution in [-0.2, 0) is 20.2 Å². The molecule has 0 saturated heterocycles. The Hall–Kier alpha value is 0.320. The van der Waals surface area contributed by atoms with Crippen LogP contribution in [-0.4, -0.2) is 85.1 Å². The topological polar surface area (TPSA) is 135 Å². The van der Waals surface area contributed by atoms with Crippen LogP contribution in [0.15, 0.2) is 40.1 Å². The third kappa shape index (κ3) is 4.90. The van der Waals surface area contributed by atoms with Crippen molar-refractivity contribution >= 4 is 95.8 Å². The maximum atomic E-state index is 11.3. The van der Waals surface area contributed by atoms with E-state index in [1.54, 1.807) is 0 Å². The van der Waals surface area contributed by atoms with E-state index >= 15 is 0 Å². The summed E-state index contributed by atoms with van der Waals surface area (Å²) in [6.07, 6.45) is 0. The maximum Gasteiger partial charge on any atom is 0.295 e. The predicted molar refractivity (Wildman–Crippen MR) is 79.5 cm³/mol. The molecule has 0 unspecified atom stereocenters. The molecular weight excluding hydrogens is 340 g/mol. The first kappa shape index (κ1) is 21.3. The van der Waals surface area contributed by atoms with Gasteiger partial charge < -0.3 is 5.73 Å². The Kier molecular flexibility index (Phi) is 7.37. The van der Waals surface area contributed by atoms with Gasteiger partial charge in [0, 0.05) is 70.2 Å². The van der Waals surface area contributed by atoms with Crippen molar-refractivity contribution in [2.75, 3.05) is 5.73 Å². The summed E-state index contributed by atoms with van der Waals surface area (Å²) in [6, 6.07) is 5.86. The van der Waals surface area contributed by atoms with E-state index in [4.69, 9.17) is 14.8 Å². The second-order valence-corrected chi connectivity index (χ2v) is 6.66. The van der Waals surface area contributed by atoms with Crippen LogP contribution in [0.5, 0.6) is 0 Å². The fourth-order valence-corrected chi connectivity index (χ4v) is 3.03. The number of nitrogen functional groups attached to an aromatic ring is 1. The van der Waals surface area contributed by atoms with E-state index in [0.717, 1.165) is 6.07 Å². The Labute approximate surface area is 166 Å². The predicted octanol–water partition coefficient (Wildman–Crippen LogP) is 0.154. The minimum atomic E-state index is -4.66. The second kappa shape index (κ2) is 7.26. The molecule has 11 heteroatoms. The Morgan fingerprint density at radius 2 is 1.43 bits per heavy atom. The van der Waals surface area contributed by atoms with Gasteiger partial charge in [-0.25, -0.2) is 0 Å². The van der Waals surface area contributed by atoms with Crippen molar-refractivity contribution in [1.29, 1.82) is 0 Å². The molecule has 2 rings (SSSR count). The number of fused-ring (bicyclic) bond motifs is 1. The number of rotatable bonds is 2. The first-order valence-electron chi connectivity index (χ1n) is 4.87. The summed E-state index contributed by atoms with van der Waals surface area (Å²) in [4.78, 5) is -1.26. The molecular formula is C10H9NNa2O6S2. The molecule has 0 aliphatic rings. The van der Waals surface area contributed by atoms with Gasteiger partial charge in [0.1, 0.15) is 4.90 Å². The molecule has 0 heterocycles. The molecule has 0 aliphatic carbocycles. The molecule has 104 valence electrons. The Morgan fingerprint density at radius 3 is 1.90 bits per heavy atom. The van der Waals surface area contributed by atoms with Gasteiger partial charge in [-0.3, -0.25) is 9.11 Å². The molecule has 0 amide bonds. The van der Waals surface area contributed by atoms with Gasteiger partial charge in [0.15, 0.2) is 0 Å². The summed E-state index contributed by atoms with van der Waals surface area (Å²) in [5.74, 6) is 0. The Balaban J connectivity index is 0.00000200. The largest absolute Gasteiger partial charge is 0.399 e. The van der Waals surface area contributed by atoms with Crippen molar-refractivity contribution in [2.24, 2.45) is 0 Å². The zero-order valence-corrected chi connectivity index (χ0v) is 16.9. The summed E-state index contributed by atoms with van der Waals surface area (Å²) in [7, 11) is -9.25. The Morgan fingerprint density at radius 1 is 0.857 bits per heavy atom. The van der Waals surface area contributed by atoms with Gasteiger partial charge in [-0.15, -0.1) is 0 Å². The summed E-state index contributed by atoms with van der Waals surface area (Å²) in [5.41, 5.74) is 5.76. The van der Waals surface area contributed by atoms with Gasteiger partial charge in [-0.2, -0.15) is 16.8 Å². The van der Waals surface area contributed by atoms with Crippen LogP contribution in [0.25, 0.3) is 10.8 Å². The van der Waals surface area contributed by atoms with Crippen molar-refractivity contribution in [3.63, 3.8) is 0 Å². The molecule has 2 aromatic carbocycles. The number of hydrogen-bond donors (Lipinski definition) is 3. The first-order valence-corrected chi connectivity index (χ1v) is 7.75. The molecule has 2 radical (unpaired) electrons. The average molecular weight is 349 g/mol. The van der Waals surface area contributed by atoms with E-state index < -0.39 is 30.0 Å². The fraction of sp³-hybridized carbons (Fsp3) is 0. The molecule has 0 bridgehead atoms. The second-order valence-electron chi connectivity index (χ2n) is 3.85. The van der Waals surface area contributed by atoms with Crippen LogP contribution in [0.2, 0.25) is 0 Å². The molecule has 7 nitrogen and oxygen atoms in total. The molecule has 0 fully saturated rings. The molecule has 0 spiro atoms. The summed E-state index contributed by atoms with van der Waals surface area (Å²) >= 11 is 0. The van der Waals surface area contributed by atoms with Crippen LogP contribution < -0.4 is 5.73 Å². The van der Waals surface area contributed by atoms with Crippen LogP contribution >= 0.6 is 0 Å². The molecule has 21 heavy (non-hydrogen) atoms. The van der Waals surface area contributed by atoms with E-state index in [-0.39, 0.29) is 75.6 Å². The third-order valence-electron chi connectivity index (χ3n) is 2.49. The van der Waals surface area contributed by atoms with E-state index in [0.29, 0.717) is 6.07 Å². The van der Waals surface area contributed by atoms with Crippen molar-refractivity contribution in [3.8, 4) is 0 Å². The van der Waals surface area contributed by atoms with Gasteiger partial charge in [0.2, 0.25) is 0 Å². The van der Waals surface area contributed by atoms with Gasteiger partial charge in [-0.05, 0) is 29.7 Å². The summed E-state index contributed by atoms with van der Waals surface area (Å²) in [5, 5.41) is 0.270. The van der Waals surface area contributed by atoms with Crippen molar-refractivity contribution in [2.45, 2.75) is 9.79 Å². The van der Waals surface area contributed by atoms with E-state index in [2.05, 4.69) is 0 Å². The summed E-state index contributed by atoms with van der Waals surface area (Å²) < 4.78 is 62.8. The molecule has 0 aliphatic heterocycles. The zero-order valence-electron chi connectivity index (χ0n) is 11.3. The van der Waals surface area contributed by atoms with Crippen LogP contribution in [0.1, 0.15) is 0 Å².